The van der Waals surface area contributed by atoms with E-state index in [0.717, 1.165) is 5.56 Å². The third kappa shape index (κ3) is 3.53. The molecule has 2 aromatic carbocycles. The minimum absolute atomic E-state index is 0.299. The van der Waals surface area contributed by atoms with Crippen molar-refractivity contribution in [2.75, 3.05) is 6.54 Å². The van der Waals surface area contributed by atoms with Crippen LogP contribution < -0.4 is 5.32 Å². The Balaban J connectivity index is 1.88. The third-order valence-corrected chi connectivity index (χ3v) is 2.91. The topological polar surface area (TPSA) is 52.5 Å². The number of phenols is 1. The van der Waals surface area contributed by atoms with Crippen LogP contribution >= 0.6 is 0 Å². The highest BCUT2D eigenvalue weighted by atomic mass is 19.1. The molecule has 3 nitrogen and oxygen atoms in total. The van der Waals surface area contributed by atoms with Gasteiger partial charge in [-0.1, -0.05) is 42.5 Å². The van der Waals surface area contributed by atoms with Gasteiger partial charge in [0.15, 0.2) is 11.6 Å². The molecule has 0 aromatic heterocycles. The van der Waals surface area contributed by atoms with E-state index in [1.165, 1.54) is 6.07 Å². The summed E-state index contributed by atoms with van der Waals surface area (Å²) < 4.78 is 13.1. The molecule has 1 unspecified atom stereocenters. The normalized spacial score (nSPS) is 12.3. The van der Waals surface area contributed by atoms with Gasteiger partial charge < -0.3 is 15.5 Å². The predicted molar refractivity (Wildman–Crippen MR) is 71.2 cm³/mol. The number of aliphatic hydroxyl groups excluding tert-OH is 1. The van der Waals surface area contributed by atoms with Gasteiger partial charge in [0.05, 0.1) is 6.10 Å². The van der Waals surface area contributed by atoms with E-state index in [-0.39, 0.29) is 5.75 Å². The molecule has 100 valence electrons. The highest BCUT2D eigenvalue weighted by molar-refractivity contribution is 5.33. The van der Waals surface area contributed by atoms with E-state index < -0.39 is 11.9 Å². The van der Waals surface area contributed by atoms with Gasteiger partial charge in [0.1, 0.15) is 0 Å². The van der Waals surface area contributed by atoms with Crippen LogP contribution in [0.1, 0.15) is 17.2 Å². The van der Waals surface area contributed by atoms with E-state index in [2.05, 4.69) is 5.32 Å². The molecule has 0 bridgehead atoms. The number of para-hydroxylation sites is 1. The van der Waals surface area contributed by atoms with Crippen molar-refractivity contribution in [2.45, 2.75) is 12.6 Å². The maximum absolute atomic E-state index is 13.1. The minimum Gasteiger partial charge on any atom is -0.505 e. The van der Waals surface area contributed by atoms with Gasteiger partial charge in [-0.15, -0.1) is 0 Å². The number of benzene rings is 2. The van der Waals surface area contributed by atoms with Gasteiger partial charge in [0.2, 0.25) is 0 Å². The van der Waals surface area contributed by atoms with Gasteiger partial charge in [-0.25, -0.2) is 4.39 Å². The summed E-state index contributed by atoms with van der Waals surface area (Å²) in [6, 6.07) is 13.7. The monoisotopic (exact) mass is 261 g/mol. The molecule has 2 rings (SSSR count). The molecule has 0 saturated carbocycles. The Labute approximate surface area is 111 Å². The van der Waals surface area contributed by atoms with Crippen LogP contribution in [0.4, 0.5) is 4.39 Å². The molecule has 3 N–H and O–H groups in total. The van der Waals surface area contributed by atoms with Crippen LogP contribution in [0.5, 0.6) is 5.75 Å². The number of aromatic hydroxyl groups is 1. The van der Waals surface area contributed by atoms with Gasteiger partial charge in [-0.3, -0.25) is 0 Å². The molecule has 19 heavy (non-hydrogen) atoms. The van der Waals surface area contributed by atoms with Gasteiger partial charge in [0.25, 0.3) is 0 Å². The van der Waals surface area contributed by atoms with Crippen LogP contribution in [0.25, 0.3) is 0 Å². The summed E-state index contributed by atoms with van der Waals surface area (Å²) >= 11 is 0. The van der Waals surface area contributed by atoms with Crippen molar-refractivity contribution in [3.8, 4) is 5.75 Å². The summed E-state index contributed by atoms with van der Waals surface area (Å²) in [4.78, 5) is 0. The summed E-state index contributed by atoms with van der Waals surface area (Å²) in [5.74, 6) is -0.980. The van der Waals surface area contributed by atoms with Crippen molar-refractivity contribution in [1.82, 2.24) is 5.32 Å². The van der Waals surface area contributed by atoms with E-state index >= 15 is 0 Å². The SMILES string of the molecule is Oc1c(F)cccc1CNCC(O)c1ccccc1. The van der Waals surface area contributed by atoms with Crippen LogP contribution in [0.15, 0.2) is 48.5 Å². The van der Waals surface area contributed by atoms with Crippen LogP contribution in [-0.4, -0.2) is 16.8 Å². The molecule has 1 atom stereocenters. The van der Waals surface area contributed by atoms with Crippen molar-refractivity contribution < 1.29 is 14.6 Å². The number of hydrogen-bond acceptors (Lipinski definition) is 3. The van der Waals surface area contributed by atoms with Crippen LogP contribution in [0.2, 0.25) is 0 Å². The predicted octanol–water partition coefficient (Wildman–Crippen LogP) is 2.35. The van der Waals surface area contributed by atoms with Gasteiger partial charge in [0, 0.05) is 18.7 Å². The Morgan fingerprint density at radius 3 is 2.53 bits per heavy atom. The third-order valence-electron chi connectivity index (χ3n) is 2.91. The lowest BCUT2D eigenvalue weighted by molar-refractivity contribution is 0.174. The number of nitrogens with one attached hydrogen (secondary N) is 1. The maximum atomic E-state index is 13.1. The molecule has 0 saturated heterocycles. The maximum Gasteiger partial charge on any atom is 0.165 e. The van der Waals surface area contributed by atoms with E-state index in [9.17, 15) is 14.6 Å². The second kappa shape index (κ2) is 6.31. The zero-order valence-electron chi connectivity index (χ0n) is 10.4. The molecule has 0 amide bonds. The molecule has 0 radical (unpaired) electrons. The smallest absolute Gasteiger partial charge is 0.165 e. The first kappa shape index (κ1) is 13.5. The first-order chi connectivity index (χ1) is 9.18. The van der Waals surface area contributed by atoms with E-state index in [1.807, 2.05) is 30.3 Å². The summed E-state index contributed by atoms with van der Waals surface area (Å²) in [7, 11) is 0. The average Bonchev–Trinajstić information content (AvgIpc) is 2.44. The lowest BCUT2D eigenvalue weighted by atomic mass is 10.1. The molecule has 0 spiro atoms. The standard InChI is InChI=1S/C15H16FNO2/c16-13-8-4-7-12(15(13)19)9-17-10-14(18)11-5-2-1-3-6-11/h1-8,14,17-19H,9-10H2. The van der Waals surface area contributed by atoms with E-state index in [1.54, 1.807) is 12.1 Å². The number of hydrogen-bond donors (Lipinski definition) is 3. The molecule has 4 heteroatoms. The molecule has 0 aliphatic rings. The Morgan fingerprint density at radius 2 is 1.79 bits per heavy atom. The number of rotatable bonds is 5. The van der Waals surface area contributed by atoms with Crippen molar-refractivity contribution in [2.24, 2.45) is 0 Å². The number of aliphatic hydroxyl groups is 1. The van der Waals surface area contributed by atoms with Crippen molar-refractivity contribution in [1.29, 1.82) is 0 Å². The van der Waals surface area contributed by atoms with E-state index in [0.29, 0.717) is 18.7 Å². The van der Waals surface area contributed by atoms with Gasteiger partial charge in [-0.05, 0) is 11.6 Å². The zero-order valence-corrected chi connectivity index (χ0v) is 10.4. The first-order valence-electron chi connectivity index (χ1n) is 6.08. The van der Waals surface area contributed by atoms with Crippen LogP contribution in [0, 0.1) is 5.82 Å². The van der Waals surface area contributed by atoms with E-state index in [4.69, 9.17) is 0 Å². The summed E-state index contributed by atoms with van der Waals surface area (Å²) in [5.41, 5.74) is 1.29. The van der Waals surface area contributed by atoms with Gasteiger partial charge in [-0.2, -0.15) is 0 Å². The lowest BCUT2D eigenvalue weighted by Crippen LogP contribution is -2.21. The summed E-state index contributed by atoms with van der Waals surface area (Å²) in [6.07, 6.45) is -0.628. The molecule has 0 fully saturated rings. The Hall–Kier alpha value is -1.91. The summed E-state index contributed by atoms with van der Waals surface area (Å²) in [6.45, 7) is 0.632. The zero-order chi connectivity index (χ0) is 13.7. The molecular formula is C15H16FNO2. The van der Waals surface area contributed by atoms with Crippen LogP contribution in [0.3, 0.4) is 0 Å². The second-order valence-corrected chi connectivity index (χ2v) is 4.30. The largest absolute Gasteiger partial charge is 0.505 e. The lowest BCUT2D eigenvalue weighted by Gasteiger charge is -2.12. The molecule has 0 aliphatic carbocycles. The Kier molecular flexibility index (Phi) is 4.49. The Bertz CT molecular complexity index is 531. The van der Waals surface area contributed by atoms with Crippen molar-refractivity contribution >= 4 is 0 Å². The fourth-order valence-electron chi connectivity index (χ4n) is 1.84. The quantitative estimate of drug-likeness (QED) is 0.774. The molecule has 0 aliphatic heterocycles. The molecular weight excluding hydrogens is 245 g/mol. The fourth-order valence-corrected chi connectivity index (χ4v) is 1.84. The van der Waals surface area contributed by atoms with Gasteiger partial charge >= 0.3 is 0 Å². The van der Waals surface area contributed by atoms with Crippen molar-refractivity contribution in [3.63, 3.8) is 0 Å². The highest BCUT2D eigenvalue weighted by Gasteiger charge is 2.08. The summed E-state index contributed by atoms with van der Waals surface area (Å²) in [5, 5.41) is 22.4. The molecule has 0 heterocycles. The Morgan fingerprint density at radius 1 is 1.05 bits per heavy atom. The number of phenolic OH excluding ortho intramolecular Hbond substituents is 1. The average molecular weight is 261 g/mol. The second-order valence-electron chi connectivity index (χ2n) is 4.30. The minimum atomic E-state index is -0.636. The number of halogens is 1. The van der Waals surface area contributed by atoms with Crippen molar-refractivity contribution in [3.05, 3.63) is 65.5 Å². The molecule has 2 aromatic rings. The highest BCUT2D eigenvalue weighted by Crippen LogP contribution is 2.20. The fraction of sp³-hybridized carbons (Fsp3) is 0.200. The van der Waals surface area contributed by atoms with Crippen LogP contribution in [-0.2, 0) is 6.54 Å². The first-order valence-corrected chi connectivity index (χ1v) is 6.08.